The maximum atomic E-state index is 12.9. The topological polar surface area (TPSA) is 69.9 Å². The Balaban J connectivity index is 2.23. The summed E-state index contributed by atoms with van der Waals surface area (Å²) >= 11 is 1.36. The summed E-state index contributed by atoms with van der Waals surface area (Å²) in [4.78, 5) is 30.9. The molecule has 1 aromatic carbocycles. The minimum atomic E-state index is -0.526. The molecule has 1 atom stereocenters. The zero-order valence-corrected chi connectivity index (χ0v) is 17.3. The molecular weight excluding hydrogens is 376 g/mol. The average molecular weight is 401 g/mol. The van der Waals surface area contributed by atoms with E-state index in [1.54, 1.807) is 21.0 Å². The van der Waals surface area contributed by atoms with Crippen molar-refractivity contribution < 1.29 is 14.3 Å². The van der Waals surface area contributed by atoms with E-state index in [2.05, 4.69) is 6.92 Å². The fraction of sp³-hybridized carbons (Fsp3) is 0.381. The van der Waals surface area contributed by atoms with Crippen molar-refractivity contribution >= 4 is 29.1 Å². The van der Waals surface area contributed by atoms with Crippen LogP contribution in [0.1, 0.15) is 45.2 Å². The van der Waals surface area contributed by atoms with Gasteiger partial charge in [-0.15, -0.1) is 0 Å². The molecule has 3 rings (SSSR count). The summed E-state index contributed by atoms with van der Waals surface area (Å²) in [6.45, 7) is 5.86. The van der Waals surface area contributed by atoms with Crippen LogP contribution in [0.15, 0.2) is 39.6 Å². The van der Waals surface area contributed by atoms with Gasteiger partial charge in [0.15, 0.2) is 4.80 Å². The van der Waals surface area contributed by atoms with E-state index < -0.39 is 12.0 Å². The predicted octanol–water partition coefficient (Wildman–Crippen LogP) is 2.67. The highest BCUT2D eigenvalue weighted by atomic mass is 32.1. The minimum Gasteiger partial charge on any atom is -0.497 e. The van der Waals surface area contributed by atoms with Gasteiger partial charge in [-0.25, -0.2) is 9.79 Å². The van der Waals surface area contributed by atoms with Gasteiger partial charge in [0.05, 0.1) is 23.8 Å². The lowest BCUT2D eigenvalue weighted by Gasteiger charge is -2.22. The number of allylic oxidation sites excluding steroid dienone is 1. The molecule has 0 fully saturated rings. The van der Waals surface area contributed by atoms with Gasteiger partial charge in [0.25, 0.3) is 5.56 Å². The van der Waals surface area contributed by atoms with Crippen molar-refractivity contribution in [1.29, 1.82) is 0 Å². The highest BCUT2D eigenvalue weighted by Gasteiger charge is 2.31. The number of benzene rings is 1. The van der Waals surface area contributed by atoms with Gasteiger partial charge in [-0.2, -0.15) is 0 Å². The summed E-state index contributed by atoms with van der Waals surface area (Å²) < 4.78 is 12.7. The van der Waals surface area contributed by atoms with Crippen molar-refractivity contribution in [2.45, 2.75) is 39.7 Å². The molecule has 0 unspecified atom stereocenters. The summed E-state index contributed by atoms with van der Waals surface area (Å²) in [7, 11) is 1.60. The number of fused-ring (bicyclic) bond motifs is 1. The number of carbonyl (C=O) groups excluding carboxylic acids is 1. The Kier molecular flexibility index (Phi) is 6.14. The van der Waals surface area contributed by atoms with Gasteiger partial charge >= 0.3 is 5.97 Å². The standard InChI is InChI=1S/C21H24N2O4S/c1-5-7-8-16-19(24)23-13(3)17(20(25)27-6-2)18(22-21(23)28-16)14-9-11-15(26-4)12-10-14/h8-12,18H,5-7H2,1-4H3/b16-8-/t18-/m1/s1. The van der Waals surface area contributed by atoms with Crippen molar-refractivity contribution in [3.8, 4) is 5.75 Å². The maximum Gasteiger partial charge on any atom is 0.338 e. The molecule has 28 heavy (non-hydrogen) atoms. The van der Waals surface area contributed by atoms with Crippen molar-refractivity contribution in [1.82, 2.24) is 4.57 Å². The highest BCUT2D eigenvalue weighted by Crippen LogP contribution is 2.33. The monoisotopic (exact) mass is 400 g/mol. The molecular formula is C21H24N2O4S. The number of thiazole rings is 1. The predicted molar refractivity (Wildman–Crippen MR) is 110 cm³/mol. The third kappa shape index (κ3) is 3.67. The van der Waals surface area contributed by atoms with Crippen LogP contribution in [0.4, 0.5) is 0 Å². The molecule has 2 heterocycles. The summed E-state index contributed by atoms with van der Waals surface area (Å²) in [5, 5.41) is 0. The fourth-order valence-corrected chi connectivity index (χ4v) is 4.20. The molecule has 148 valence electrons. The number of methoxy groups -OCH3 is 1. The van der Waals surface area contributed by atoms with E-state index in [-0.39, 0.29) is 12.2 Å². The average Bonchev–Trinajstić information content (AvgIpc) is 3.02. The first-order valence-corrected chi connectivity index (χ1v) is 10.2. The second-order valence-corrected chi connectivity index (χ2v) is 7.42. The molecule has 0 saturated heterocycles. The molecule has 6 nitrogen and oxygen atoms in total. The molecule has 1 aromatic heterocycles. The number of carbonyl (C=O) groups is 1. The van der Waals surface area contributed by atoms with Crippen LogP contribution >= 0.6 is 11.3 Å². The molecule has 0 bridgehead atoms. The van der Waals surface area contributed by atoms with E-state index in [0.29, 0.717) is 20.6 Å². The van der Waals surface area contributed by atoms with Crippen LogP contribution in [0, 0.1) is 0 Å². The molecule has 0 amide bonds. The van der Waals surface area contributed by atoms with Crippen molar-refractivity contribution in [2.24, 2.45) is 4.99 Å². The number of nitrogens with zero attached hydrogens (tertiary/aromatic N) is 2. The van der Waals surface area contributed by atoms with Crippen LogP contribution in [-0.4, -0.2) is 24.3 Å². The van der Waals surface area contributed by atoms with Gasteiger partial charge in [-0.3, -0.25) is 9.36 Å². The van der Waals surface area contributed by atoms with E-state index in [0.717, 1.165) is 24.2 Å². The summed E-state index contributed by atoms with van der Waals surface area (Å²) in [6.07, 6.45) is 3.72. The van der Waals surface area contributed by atoms with Crippen LogP contribution in [0.5, 0.6) is 5.75 Å². The second kappa shape index (κ2) is 8.56. The first-order chi connectivity index (χ1) is 13.5. The number of unbranched alkanes of at least 4 members (excludes halogenated alkanes) is 1. The van der Waals surface area contributed by atoms with Gasteiger partial charge in [0.1, 0.15) is 11.8 Å². The first kappa shape index (κ1) is 20.1. The lowest BCUT2D eigenvalue weighted by Crippen LogP contribution is -2.35. The molecule has 2 aromatic rings. The van der Waals surface area contributed by atoms with Crippen LogP contribution in [-0.2, 0) is 9.53 Å². The molecule has 0 radical (unpaired) electrons. The lowest BCUT2D eigenvalue weighted by atomic mass is 9.96. The maximum absolute atomic E-state index is 12.9. The number of rotatable bonds is 6. The Hall–Kier alpha value is -2.67. The minimum absolute atomic E-state index is 0.135. The molecule has 0 N–H and O–H groups in total. The lowest BCUT2D eigenvalue weighted by molar-refractivity contribution is -0.138. The van der Waals surface area contributed by atoms with E-state index in [1.165, 1.54) is 15.9 Å². The van der Waals surface area contributed by atoms with E-state index in [4.69, 9.17) is 14.5 Å². The smallest absolute Gasteiger partial charge is 0.338 e. The second-order valence-electron chi connectivity index (χ2n) is 6.41. The third-order valence-electron chi connectivity index (χ3n) is 4.59. The third-order valence-corrected chi connectivity index (χ3v) is 5.62. The van der Waals surface area contributed by atoms with Gasteiger partial charge in [0.2, 0.25) is 0 Å². The number of hydrogen-bond donors (Lipinski definition) is 0. The number of ether oxygens (including phenoxy) is 2. The van der Waals surface area contributed by atoms with Gasteiger partial charge in [-0.1, -0.05) is 42.9 Å². The largest absolute Gasteiger partial charge is 0.497 e. The number of hydrogen-bond acceptors (Lipinski definition) is 6. The normalized spacial score (nSPS) is 16.6. The van der Waals surface area contributed by atoms with Crippen LogP contribution in [0.3, 0.4) is 0 Å². The Bertz CT molecular complexity index is 1080. The van der Waals surface area contributed by atoms with E-state index >= 15 is 0 Å². The zero-order chi connectivity index (χ0) is 20.3. The Morgan fingerprint density at radius 1 is 1.29 bits per heavy atom. The first-order valence-electron chi connectivity index (χ1n) is 9.33. The molecule has 0 spiro atoms. The Morgan fingerprint density at radius 2 is 2.00 bits per heavy atom. The Labute approximate surface area is 167 Å². The van der Waals surface area contributed by atoms with Crippen LogP contribution in [0.25, 0.3) is 11.8 Å². The summed E-state index contributed by atoms with van der Waals surface area (Å²) in [6, 6.07) is 6.90. The van der Waals surface area contributed by atoms with Crippen molar-refractivity contribution in [3.63, 3.8) is 0 Å². The van der Waals surface area contributed by atoms with Gasteiger partial charge in [0, 0.05) is 5.70 Å². The van der Waals surface area contributed by atoms with Crippen molar-refractivity contribution in [2.75, 3.05) is 13.7 Å². The number of aromatic nitrogens is 1. The molecule has 0 aliphatic carbocycles. The number of esters is 1. The van der Waals surface area contributed by atoms with Gasteiger partial charge < -0.3 is 9.47 Å². The SMILES string of the molecule is CCC/C=c1\sc2n(c1=O)C(C)=C(C(=O)OCC)[C@@H](c1ccc(OC)cc1)N=2. The van der Waals surface area contributed by atoms with Crippen LogP contribution in [0.2, 0.25) is 0 Å². The highest BCUT2D eigenvalue weighted by molar-refractivity contribution is 7.07. The molecule has 1 aliphatic rings. The fourth-order valence-electron chi connectivity index (χ4n) is 3.16. The molecule has 1 aliphatic heterocycles. The quantitative estimate of drug-likeness (QED) is 0.699. The van der Waals surface area contributed by atoms with Crippen molar-refractivity contribution in [3.05, 3.63) is 55.1 Å². The summed E-state index contributed by atoms with van der Waals surface area (Å²) in [5.41, 5.74) is 1.67. The molecule has 7 heteroatoms. The van der Waals surface area contributed by atoms with E-state index in [9.17, 15) is 9.59 Å². The van der Waals surface area contributed by atoms with Crippen LogP contribution < -0.4 is 19.6 Å². The van der Waals surface area contributed by atoms with E-state index in [1.807, 2.05) is 30.3 Å². The zero-order valence-electron chi connectivity index (χ0n) is 16.5. The van der Waals surface area contributed by atoms with Gasteiger partial charge in [-0.05, 0) is 38.0 Å². The summed E-state index contributed by atoms with van der Waals surface area (Å²) in [5.74, 6) is 0.273. The molecule has 0 saturated carbocycles. The Morgan fingerprint density at radius 3 is 2.61 bits per heavy atom.